The van der Waals surface area contributed by atoms with Crippen molar-refractivity contribution in [3.63, 3.8) is 0 Å². The Morgan fingerprint density at radius 3 is 2.56 bits per heavy atom. The van der Waals surface area contributed by atoms with E-state index >= 15 is 0 Å². The van der Waals surface area contributed by atoms with E-state index in [1.165, 1.54) is 11.8 Å². The van der Waals surface area contributed by atoms with E-state index < -0.39 is 0 Å². The molecule has 0 aliphatic heterocycles. The maximum absolute atomic E-state index is 8.57. The van der Waals surface area contributed by atoms with Gasteiger partial charge in [0.2, 0.25) is 0 Å². The highest BCUT2D eigenvalue weighted by molar-refractivity contribution is 7.83. The van der Waals surface area contributed by atoms with Crippen molar-refractivity contribution in [3.8, 4) is 0 Å². The maximum atomic E-state index is 8.57. The van der Waals surface area contributed by atoms with Crippen LogP contribution in [-0.2, 0) is 6.54 Å². The average Bonchev–Trinajstić information content (AvgIpc) is 2.80. The van der Waals surface area contributed by atoms with Gasteiger partial charge in [-0.2, -0.15) is 12.6 Å². The van der Waals surface area contributed by atoms with Gasteiger partial charge >= 0.3 is 0 Å². The van der Waals surface area contributed by atoms with Crippen molar-refractivity contribution in [2.24, 2.45) is 11.5 Å². The first kappa shape index (κ1) is 23.8. The van der Waals surface area contributed by atoms with Gasteiger partial charge in [-0.15, -0.1) is 0 Å². The normalized spacial score (nSPS) is 19.6. The molecule has 0 amide bonds. The van der Waals surface area contributed by atoms with Crippen LogP contribution in [0.3, 0.4) is 0 Å². The van der Waals surface area contributed by atoms with Crippen LogP contribution in [0.2, 0.25) is 0 Å². The van der Waals surface area contributed by atoms with Crippen LogP contribution in [0.4, 0.5) is 5.69 Å². The Balaban J connectivity index is 1.73. The number of benzene rings is 2. The Morgan fingerprint density at radius 2 is 1.88 bits per heavy atom. The molecule has 2 aromatic rings. The van der Waals surface area contributed by atoms with E-state index in [2.05, 4.69) is 30.1 Å². The summed E-state index contributed by atoms with van der Waals surface area (Å²) in [6.07, 6.45) is 7.40. The molecule has 32 heavy (non-hydrogen) atoms. The molecule has 1 aliphatic carbocycles. The zero-order chi connectivity index (χ0) is 23.1. The standard InChI is InChI=1S/C25H32N6S/c26-13-19(15-32)18-4-9-23(28)22(12-18)25(30)24(29)11-16-2-1-3-17(10-16)14-31-21-7-5-20(27)6-8-21/h1-4,9-13,15,20-21,26,30-32H,5-8,14,27-29H2/b19-15+,24-11-,26-13?,30-25?. The Hall–Kier alpha value is -2.87. The van der Waals surface area contributed by atoms with Crippen LogP contribution in [-0.4, -0.2) is 24.0 Å². The van der Waals surface area contributed by atoms with E-state index in [1.54, 1.807) is 29.7 Å². The smallest absolute Gasteiger partial charge is 0.0862 e. The van der Waals surface area contributed by atoms with Crippen molar-refractivity contribution in [2.75, 3.05) is 5.73 Å². The summed E-state index contributed by atoms with van der Waals surface area (Å²) in [4.78, 5) is 0. The zero-order valence-electron chi connectivity index (χ0n) is 18.1. The summed E-state index contributed by atoms with van der Waals surface area (Å²) in [7, 11) is 0. The second kappa shape index (κ2) is 11.1. The van der Waals surface area contributed by atoms with Gasteiger partial charge in [0.15, 0.2) is 0 Å². The van der Waals surface area contributed by atoms with E-state index in [-0.39, 0.29) is 5.71 Å². The predicted molar refractivity (Wildman–Crippen MR) is 139 cm³/mol. The third kappa shape index (κ3) is 6.09. The highest BCUT2D eigenvalue weighted by atomic mass is 32.1. The lowest BCUT2D eigenvalue weighted by Crippen LogP contribution is -2.37. The monoisotopic (exact) mass is 448 g/mol. The van der Waals surface area contributed by atoms with Crippen LogP contribution in [0.15, 0.2) is 53.6 Å². The summed E-state index contributed by atoms with van der Waals surface area (Å²) < 4.78 is 0. The number of nitrogens with two attached hydrogens (primary N) is 3. The topological polar surface area (TPSA) is 138 Å². The van der Waals surface area contributed by atoms with Crippen LogP contribution >= 0.6 is 12.6 Å². The van der Waals surface area contributed by atoms with Gasteiger partial charge in [0.05, 0.1) is 11.4 Å². The summed E-state index contributed by atoms with van der Waals surface area (Å²) in [5.74, 6) is 0. The van der Waals surface area contributed by atoms with E-state index in [9.17, 15) is 0 Å². The Labute approximate surface area is 195 Å². The Kier molecular flexibility index (Phi) is 8.27. The van der Waals surface area contributed by atoms with Gasteiger partial charge in [-0.1, -0.05) is 30.3 Å². The fourth-order valence-electron chi connectivity index (χ4n) is 3.93. The minimum atomic E-state index is 0.148. The molecule has 0 radical (unpaired) electrons. The number of allylic oxidation sites excluding steroid dienone is 2. The first-order chi connectivity index (χ1) is 15.4. The molecule has 0 unspecified atom stereocenters. The summed E-state index contributed by atoms with van der Waals surface area (Å²) in [6, 6.07) is 14.3. The SMILES string of the molecule is N=C/C(=C\S)c1ccc(N)c(C(=N)/C(N)=C/c2cccc(CNC3CCC(N)CC3)c2)c1. The summed E-state index contributed by atoms with van der Waals surface area (Å²) in [6.45, 7) is 0.788. The van der Waals surface area contributed by atoms with E-state index in [4.69, 9.17) is 28.0 Å². The fourth-order valence-corrected chi connectivity index (χ4v) is 4.16. The highest BCUT2D eigenvalue weighted by Gasteiger charge is 2.17. The Morgan fingerprint density at radius 1 is 1.12 bits per heavy atom. The van der Waals surface area contributed by atoms with Crippen molar-refractivity contribution in [1.82, 2.24) is 5.32 Å². The minimum Gasteiger partial charge on any atom is -0.398 e. The lowest BCUT2D eigenvalue weighted by Gasteiger charge is -2.27. The molecule has 0 spiro atoms. The van der Waals surface area contributed by atoms with Crippen LogP contribution in [0.5, 0.6) is 0 Å². The van der Waals surface area contributed by atoms with E-state index in [0.29, 0.717) is 34.6 Å². The number of nitrogens with one attached hydrogen (secondary N) is 3. The molecule has 0 heterocycles. The molecule has 1 saturated carbocycles. The predicted octanol–water partition coefficient (Wildman–Crippen LogP) is 3.92. The molecule has 1 aliphatic rings. The Bertz CT molecular complexity index is 1030. The molecule has 7 heteroatoms. The molecular weight excluding hydrogens is 416 g/mol. The molecule has 6 nitrogen and oxygen atoms in total. The van der Waals surface area contributed by atoms with Gasteiger partial charge in [-0.05, 0) is 66.0 Å². The molecule has 0 aromatic heterocycles. The van der Waals surface area contributed by atoms with Gasteiger partial charge in [-0.25, -0.2) is 0 Å². The van der Waals surface area contributed by atoms with E-state index in [1.807, 2.05) is 12.1 Å². The number of thiol groups is 1. The van der Waals surface area contributed by atoms with Crippen molar-refractivity contribution >= 4 is 41.9 Å². The molecule has 1 fully saturated rings. The van der Waals surface area contributed by atoms with Gasteiger partial charge in [-0.3, -0.25) is 5.41 Å². The molecule has 168 valence electrons. The van der Waals surface area contributed by atoms with Gasteiger partial charge in [0.1, 0.15) is 0 Å². The number of hydrogen-bond acceptors (Lipinski definition) is 7. The zero-order valence-corrected chi connectivity index (χ0v) is 19.0. The molecule has 2 aromatic carbocycles. The lowest BCUT2D eigenvalue weighted by atomic mass is 9.91. The minimum absolute atomic E-state index is 0.148. The van der Waals surface area contributed by atoms with Crippen molar-refractivity contribution in [2.45, 2.75) is 44.3 Å². The molecular formula is C25H32N6S. The van der Waals surface area contributed by atoms with Crippen molar-refractivity contribution in [3.05, 3.63) is 75.8 Å². The van der Waals surface area contributed by atoms with Crippen LogP contribution in [0, 0.1) is 10.8 Å². The molecule has 0 saturated heterocycles. The molecule has 3 rings (SSSR count). The molecule has 0 atom stereocenters. The third-order valence-corrected chi connectivity index (χ3v) is 6.16. The van der Waals surface area contributed by atoms with Gasteiger partial charge in [0.25, 0.3) is 0 Å². The van der Waals surface area contributed by atoms with Crippen molar-refractivity contribution < 1.29 is 0 Å². The second-order valence-electron chi connectivity index (χ2n) is 8.24. The highest BCUT2D eigenvalue weighted by Crippen LogP contribution is 2.23. The number of nitrogen functional groups attached to an aromatic ring is 1. The van der Waals surface area contributed by atoms with Crippen LogP contribution in [0.25, 0.3) is 11.6 Å². The summed E-state index contributed by atoms with van der Waals surface area (Å²) in [5.41, 5.74) is 23.3. The van der Waals surface area contributed by atoms with Crippen molar-refractivity contribution in [1.29, 1.82) is 10.8 Å². The number of rotatable bonds is 8. The van der Waals surface area contributed by atoms with Crippen LogP contribution in [0.1, 0.15) is 47.9 Å². The quantitative estimate of drug-likeness (QED) is 0.187. The van der Waals surface area contributed by atoms with Gasteiger partial charge in [0, 0.05) is 41.7 Å². The average molecular weight is 449 g/mol. The molecule has 9 N–H and O–H groups in total. The number of anilines is 1. The summed E-state index contributed by atoms with van der Waals surface area (Å²) in [5, 5.41) is 21.3. The first-order valence-corrected chi connectivity index (χ1v) is 11.3. The summed E-state index contributed by atoms with van der Waals surface area (Å²) >= 11 is 4.15. The number of hydrogen-bond donors (Lipinski definition) is 7. The first-order valence-electron chi connectivity index (χ1n) is 10.8. The molecule has 0 bridgehead atoms. The third-order valence-electron chi connectivity index (χ3n) is 5.88. The maximum Gasteiger partial charge on any atom is 0.0862 e. The van der Waals surface area contributed by atoms with Crippen LogP contribution < -0.4 is 22.5 Å². The largest absolute Gasteiger partial charge is 0.398 e. The second-order valence-corrected chi connectivity index (χ2v) is 8.50. The van der Waals surface area contributed by atoms with Gasteiger partial charge < -0.3 is 27.9 Å². The van der Waals surface area contributed by atoms with E-state index in [0.717, 1.165) is 43.4 Å². The lowest BCUT2D eigenvalue weighted by molar-refractivity contribution is 0.342. The fraction of sp³-hybridized carbons (Fsp3) is 0.280.